The molecule has 1 fully saturated rings. The number of nitrogens with zero attached hydrogens (tertiary/aromatic N) is 2. The van der Waals surface area contributed by atoms with E-state index in [4.69, 9.17) is 35.8 Å². The molecule has 1 saturated heterocycles. The van der Waals surface area contributed by atoms with E-state index in [1.165, 1.54) is 0 Å². The minimum absolute atomic E-state index is 0.451. The summed E-state index contributed by atoms with van der Waals surface area (Å²) < 4.78 is 5.77. The average molecular weight is 387 g/mol. The van der Waals surface area contributed by atoms with Gasteiger partial charge in [-0.15, -0.1) is 0 Å². The first kappa shape index (κ1) is 19.1. The largest absolute Gasteiger partial charge is 0.489 e. The van der Waals surface area contributed by atoms with Crippen LogP contribution in [0.25, 0.3) is 0 Å². The Hall–Kier alpha value is -1.65. The third-order valence-corrected chi connectivity index (χ3v) is 5.40. The molecule has 1 aromatic carbocycles. The predicted octanol–water partition coefficient (Wildman–Crippen LogP) is 4.21. The Bertz CT molecular complexity index is 759. The van der Waals surface area contributed by atoms with E-state index in [1.54, 1.807) is 18.3 Å². The van der Waals surface area contributed by atoms with Crippen LogP contribution in [0.4, 0.5) is 5.82 Å². The van der Waals surface area contributed by atoms with Gasteiger partial charge in [0.05, 0.1) is 10.0 Å². The van der Waals surface area contributed by atoms with E-state index in [9.17, 15) is 0 Å². The number of ether oxygens (including phenoxy) is 1. The summed E-state index contributed by atoms with van der Waals surface area (Å²) in [5.41, 5.74) is 1.79. The summed E-state index contributed by atoms with van der Waals surface area (Å²) in [6.45, 7) is 6.11. The Labute approximate surface area is 166 Å². The molecule has 3 rings (SSSR count). The smallest absolute Gasteiger partial charge is 0.128 e. The van der Waals surface area contributed by atoms with Crippen molar-refractivity contribution in [3.63, 3.8) is 0 Å². The fourth-order valence-electron chi connectivity index (χ4n) is 3.27. The maximum Gasteiger partial charge on any atom is 0.128 e. The van der Waals surface area contributed by atoms with Gasteiger partial charge in [-0.2, -0.15) is 0 Å². The number of benzene rings is 1. The van der Waals surface area contributed by atoms with E-state index in [0.717, 1.165) is 49.5 Å². The molecule has 0 N–H and O–H groups in total. The molecular weight excluding hydrogens is 366 g/mol. The number of anilines is 1. The fraction of sp³-hybridized carbons (Fsp3) is 0.350. The van der Waals surface area contributed by atoms with E-state index in [-0.39, 0.29) is 0 Å². The summed E-state index contributed by atoms with van der Waals surface area (Å²) in [7, 11) is 5.72. The molecule has 3 nitrogen and oxygen atoms in total. The molecule has 1 aliphatic heterocycles. The number of halogens is 2. The van der Waals surface area contributed by atoms with Crippen LogP contribution in [0.2, 0.25) is 10.0 Å². The van der Waals surface area contributed by atoms with Gasteiger partial charge in [-0.05, 0) is 42.9 Å². The number of pyridine rings is 1. The summed E-state index contributed by atoms with van der Waals surface area (Å²) in [6.07, 6.45) is 6.54. The van der Waals surface area contributed by atoms with Crippen LogP contribution >= 0.6 is 23.2 Å². The van der Waals surface area contributed by atoms with Crippen molar-refractivity contribution < 1.29 is 4.74 Å². The number of rotatable bonds is 6. The van der Waals surface area contributed by atoms with Crippen LogP contribution in [-0.2, 0) is 6.42 Å². The molecule has 134 valence electrons. The maximum atomic E-state index is 6.22. The number of hydrogen-bond donors (Lipinski definition) is 0. The van der Waals surface area contributed by atoms with Crippen LogP contribution in [0.3, 0.4) is 0 Å². The van der Waals surface area contributed by atoms with Crippen molar-refractivity contribution in [3.8, 4) is 5.75 Å². The molecule has 0 saturated carbocycles. The molecule has 0 unspecified atom stereocenters. The quantitative estimate of drug-likeness (QED) is 0.549. The standard InChI is InChI=1S/C20H21BCl2N2O/c1-2-9-26-19-12-18(23)17(22)11-15(19)10-14-5-7-25(8-6-14)20-4-3-16(21)13-24-20/h2-4,11-14H,1,5-10H2. The first-order valence-electron chi connectivity index (χ1n) is 8.75. The van der Waals surface area contributed by atoms with Gasteiger partial charge in [0.25, 0.3) is 0 Å². The van der Waals surface area contributed by atoms with Crippen molar-refractivity contribution in [2.45, 2.75) is 19.3 Å². The van der Waals surface area contributed by atoms with Crippen LogP contribution in [0.15, 0.2) is 43.1 Å². The molecular formula is C20H21BCl2N2O. The third-order valence-electron chi connectivity index (χ3n) is 4.68. The van der Waals surface area contributed by atoms with Crippen LogP contribution in [-0.4, -0.2) is 32.5 Å². The topological polar surface area (TPSA) is 25.4 Å². The van der Waals surface area contributed by atoms with E-state index in [0.29, 0.717) is 28.0 Å². The maximum absolute atomic E-state index is 6.22. The summed E-state index contributed by atoms with van der Waals surface area (Å²) in [5.74, 6) is 2.35. The molecule has 26 heavy (non-hydrogen) atoms. The van der Waals surface area contributed by atoms with Gasteiger partial charge in [0.15, 0.2) is 0 Å². The fourth-order valence-corrected chi connectivity index (χ4v) is 3.61. The monoisotopic (exact) mass is 386 g/mol. The van der Waals surface area contributed by atoms with E-state index in [1.807, 2.05) is 18.2 Å². The Morgan fingerprint density at radius 1 is 1.23 bits per heavy atom. The molecule has 2 radical (unpaired) electrons. The molecule has 0 spiro atoms. The van der Waals surface area contributed by atoms with Crippen LogP contribution in [0, 0.1) is 5.92 Å². The predicted molar refractivity (Wildman–Crippen MR) is 110 cm³/mol. The van der Waals surface area contributed by atoms with Crippen molar-refractivity contribution in [2.24, 2.45) is 5.92 Å². The first-order valence-corrected chi connectivity index (χ1v) is 9.50. The normalized spacial score (nSPS) is 15.1. The lowest BCUT2D eigenvalue weighted by molar-refractivity contribution is 0.349. The molecule has 1 aromatic heterocycles. The van der Waals surface area contributed by atoms with Gasteiger partial charge >= 0.3 is 0 Å². The lowest BCUT2D eigenvalue weighted by Gasteiger charge is -2.33. The van der Waals surface area contributed by atoms with Gasteiger partial charge < -0.3 is 9.64 Å². The van der Waals surface area contributed by atoms with E-state index < -0.39 is 0 Å². The van der Waals surface area contributed by atoms with E-state index >= 15 is 0 Å². The van der Waals surface area contributed by atoms with Crippen LogP contribution in [0.5, 0.6) is 5.75 Å². The minimum atomic E-state index is 0.451. The number of hydrogen-bond acceptors (Lipinski definition) is 3. The second-order valence-electron chi connectivity index (χ2n) is 6.56. The highest BCUT2D eigenvalue weighted by molar-refractivity contribution is 6.42. The Kier molecular flexibility index (Phi) is 6.50. The van der Waals surface area contributed by atoms with Gasteiger partial charge in [0, 0.05) is 25.4 Å². The summed E-state index contributed by atoms with van der Waals surface area (Å²) in [4.78, 5) is 6.73. The van der Waals surface area contributed by atoms with Crippen molar-refractivity contribution in [1.82, 2.24) is 4.98 Å². The molecule has 2 aromatic rings. The summed E-state index contributed by atoms with van der Waals surface area (Å²) >= 11 is 12.4. The molecule has 6 heteroatoms. The zero-order valence-corrected chi connectivity index (χ0v) is 16.1. The lowest BCUT2D eigenvalue weighted by Crippen LogP contribution is -2.35. The Balaban J connectivity index is 1.64. The molecule has 0 bridgehead atoms. The third kappa shape index (κ3) is 4.74. The highest BCUT2D eigenvalue weighted by atomic mass is 35.5. The lowest BCUT2D eigenvalue weighted by atomic mass is 9.89. The minimum Gasteiger partial charge on any atom is -0.489 e. The van der Waals surface area contributed by atoms with Gasteiger partial charge in [-0.1, -0.05) is 47.4 Å². The van der Waals surface area contributed by atoms with Gasteiger partial charge in [-0.3, -0.25) is 0 Å². The highest BCUT2D eigenvalue weighted by Crippen LogP contribution is 2.34. The number of aromatic nitrogens is 1. The van der Waals surface area contributed by atoms with Crippen molar-refractivity contribution >= 4 is 42.3 Å². The van der Waals surface area contributed by atoms with Gasteiger partial charge in [-0.25, -0.2) is 4.98 Å². The van der Waals surface area contributed by atoms with Crippen molar-refractivity contribution in [3.05, 3.63) is 58.7 Å². The van der Waals surface area contributed by atoms with Crippen molar-refractivity contribution in [1.29, 1.82) is 0 Å². The van der Waals surface area contributed by atoms with Crippen LogP contribution < -0.4 is 15.1 Å². The van der Waals surface area contributed by atoms with Gasteiger partial charge in [0.1, 0.15) is 26.0 Å². The van der Waals surface area contributed by atoms with Gasteiger partial charge in [0.2, 0.25) is 0 Å². The van der Waals surface area contributed by atoms with E-state index in [2.05, 4.69) is 16.5 Å². The zero-order valence-electron chi connectivity index (χ0n) is 14.6. The molecule has 0 amide bonds. The second kappa shape index (κ2) is 8.83. The van der Waals surface area contributed by atoms with Crippen LogP contribution in [0.1, 0.15) is 18.4 Å². The second-order valence-corrected chi connectivity index (χ2v) is 7.37. The Morgan fingerprint density at radius 2 is 1.96 bits per heavy atom. The molecule has 2 heterocycles. The highest BCUT2D eigenvalue weighted by Gasteiger charge is 2.22. The Morgan fingerprint density at radius 3 is 2.62 bits per heavy atom. The first-order chi connectivity index (χ1) is 12.6. The molecule has 0 atom stereocenters. The summed E-state index contributed by atoms with van der Waals surface area (Å²) in [5, 5.41) is 1.08. The SMILES string of the molecule is [B]c1ccc(N2CCC(Cc3cc(Cl)c(Cl)cc3OCC=C)CC2)nc1. The molecule has 0 aliphatic carbocycles. The van der Waals surface area contributed by atoms with Crippen molar-refractivity contribution in [2.75, 3.05) is 24.6 Å². The average Bonchev–Trinajstić information content (AvgIpc) is 2.65. The zero-order chi connectivity index (χ0) is 18.5. The molecule has 1 aliphatic rings. The number of piperidine rings is 1. The summed E-state index contributed by atoms with van der Waals surface area (Å²) in [6, 6.07) is 7.61.